The summed E-state index contributed by atoms with van der Waals surface area (Å²) in [5.41, 5.74) is 4.03. The zero-order valence-electron chi connectivity index (χ0n) is 20.3. The molecular weight excluding hydrogens is 466 g/mol. The molecule has 1 aliphatic carbocycles. The first-order chi connectivity index (χ1) is 16.6. The molecule has 0 aliphatic heterocycles. The lowest BCUT2D eigenvalue weighted by Crippen LogP contribution is -2.31. The number of esters is 1. The van der Waals surface area contributed by atoms with Gasteiger partial charge in [-0.15, -0.1) is 0 Å². The Balaban J connectivity index is 1.58. The molecule has 1 atom stereocenters. The Morgan fingerprint density at radius 1 is 1.09 bits per heavy atom. The van der Waals surface area contributed by atoms with Gasteiger partial charge in [-0.1, -0.05) is 24.3 Å². The number of carbonyl (C=O) groups excluding carboxylic acids is 2. The lowest BCUT2D eigenvalue weighted by atomic mass is 9.90. The molecule has 8 nitrogen and oxygen atoms in total. The zero-order valence-corrected chi connectivity index (χ0v) is 21.1. The molecule has 1 aliphatic rings. The van der Waals surface area contributed by atoms with E-state index in [1.54, 1.807) is 13.0 Å². The number of aryl methyl sites for hydroxylation is 2. The summed E-state index contributed by atoms with van der Waals surface area (Å²) in [5.74, 6) is -1.11. The average Bonchev–Trinajstić information content (AvgIpc) is 2.83. The molecule has 0 saturated heterocycles. The number of carbonyl (C=O) groups is 2. The molecule has 0 spiro atoms. The molecule has 1 N–H and O–H groups in total. The number of benzene rings is 2. The van der Waals surface area contributed by atoms with Crippen LogP contribution >= 0.6 is 0 Å². The summed E-state index contributed by atoms with van der Waals surface area (Å²) in [7, 11) is -0.784. The largest absolute Gasteiger partial charge is 0.449 e. The van der Waals surface area contributed by atoms with Crippen LogP contribution in [0.5, 0.6) is 0 Å². The molecule has 4 rings (SSSR count). The fraction of sp³-hybridized carbons (Fsp3) is 0.346. The summed E-state index contributed by atoms with van der Waals surface area (Å²) in [6, 6.07) is 12.0. The van der Waals surface area contributed by atoms with E-state index in [-0.39, 0.29) is 4.90 Å². The number of amides is 1. The zero-order chi connectivity index (χ0) is 25.3. The molecule has 1 heterocycles. The predicted molar refractivity (Wildman–Crippen MR) is 134 cm³/mol. The van der Waals surface area contributed by atoms with Gasteiger partial charge >= 0.3 is 5.97 Å². The Bertz CT molecular complexity index is 1420. The third-order valence-electron chi connectivity index (χ3n) is 6.27. The lowest BCUT2D eigenvalue weighted by Gasteiger charge is -2.21. The topological polar surface area (TPSA) is 106 Å². The molecule has 2 aromatic carbocycles. The van der Waals surface area contributed by atoms with E-state index in [0.717, 1.165) is 46.8 Å². The van der Waals surface area contributed by atoms with Crippen LogP contribution in [0.3, 0.4) is 0 Å². The highest BCUT2D eigenvalue weighted by atomic mass is 32.2. The molecule has 1 aromatic heterocycles. The van der Waals surface area contributed by atoms with Gasteiger partial charge in [0.25, 0.3) is 5.91 Å². The van der Waals surface area contributed by atoms with E-state index < -0.39 is 28.0 Å². The minimum absolute atomic E-state index is 0.0583. The van der Waals surface area contributed by atoms with Gasteiger partial charge in [0, 0.05) is 30.9 Å². The van der Waals surface area contributed by atoms with Gasteiger partial charge in [-0.3, -0.25) is 9.78 Å². The number of fused-ring (bicyclic) bond motifs is 2. The maximum atomic E-state index is 13.3. The molecule has 3 aromatic rings. The van der Waals surface area contributed by atoms with E-state index in [9.17, 15) is 18.0 Å². The molecule has 9 heteroatoms. The lowest BCUT2D eigenvalue weighted by molar-refractivity contribution is -0.123. The van der Waals surface area contributed by atoms with Gasteiger partial charge in [-0.25, -0.2) is 17.5 Å². The van der Waals surface area contributed by atoms with Gasteiger partial charge in [0.1, 0.15) is 0 Å². The number of para-hydroxylation sites is 1. The molecule has 184 valence electrons. The number of pyridine rings is 1. The van der Waals surface area contributed by atoms with Crippen molar-refractivity contribution in [2.24, 2.45) is 0 Å². The quantitative estimate of drug-likeness (QED) is 0.521. The second-order valence-corrected chi connectivity index (χ2v) is 11.1. The summed E-state index contributed by atoms with van der Waals surface area (Å²) in [6.45, 7) is 3.26. The Kier molecular flexibility index (Phi) is 6.91. The minimum atomic E-state index is -3.67. The van der Waals surface area contributed by atoms with E-state index in [4.69, 9.17) is 9.72 Å². The van der Waals surface area contributed by atoms with Gasteiger partial charge in [0.05, 0.1) is 16.0 Å². The Hall–Kier alpha value is -3.30. The van der Waals surface area contributed by atoms with Crippen LogP contribution in [0, 0.1) is 6.92 Å². The first-order valence-corrected chi connectivity index (χ1v) is 13.0. The van der Waals surface area contributed by atoms with Crippen LogP contribution < -0.4 is 5.32 Å². The first-order valence-electron chi connectivity index (χ1n) is 11.5. The van der Waals surface area contributed by atoms with Crippen molar-refractivity contribution in [2.45, 2.75) is 50.5 Å². The fourth-order valence-electron chi connectivity index (χ4n) is 4.22. The van der Waals surface area contributed by atoms with Crippen LogP contribution in [-0.2, 0) is 32.4 Å². The first kappa shape index (κ1) is 24.8. The van der Waals surface area contributed by atoms with Gasteiger partial charge in [0.15, 0.2) is 6.10 Å². The fourth-order valence-corrected chi connectivity index (χ4v) is 5.15. The highest BCUT2D eigenvalue weighted by Gasteiger charge is 2.27. The van der Waals surface area contributed by atoms with E-state index in [1.165, 1.54) is 33.2 Å². The van der Waals surface area contributed by atoms with Crippen molar-refractivity contribution in [1.82, 2.24) is 9.29 Å². The van der Waals surface area contributed by atoms with Crippen LogP contribution in [0.1, 0.15) is 46.9 Å². The van der Waals surface area contributed by atoms with E-state index >= 15 is 0 Å². The van der Waals surface area contributed by atoms with Gasteiger partial charge in [-0.2, -0.15) is 0 Å². The molecule has 0 saturated carbocycles. The molecule has 1 unspecified atom stereocenters. The van der Waals surface area contributed by atoms with Gasteiger partial charge < -0.3 is 10.1 Å². The normalized spacial score (nSPS) is 14.4. The number of aromatic nitrogens is 1. The number of nitrogens with zero attached hydrogens (tertiary/aromatic N) is 2. The van der Waals surface area contributed by atoms with Crippen molar-refractivity contribution in [3.05, 3.63) is 64.8 Å². The van der Waals surface area contributed by atoms with Crippen LogP contribution in [0.15, 0.2) is 47.4 Å². The van der Waals surface area contributed by atoms with Crippen molar-refractivity contribution < 1.29 is 22.7 Å². The SMILES string of the molecule is Cc1ccc(S(=O)(=O)N(C)C)cc1NC(=O)C(C)OC(=O)c1c2c(nc3ccccc13)CCCC2. The number of nitrogens with one attached hydrogen (secondary N) is 1. The van der Waals surface area contributed by atoms with Crippen molar-refractivity contribution >= 4 is 38.5 Å². The van der Waals surface area contributed by atoms with Crippen LogP contribution in [-0.4, -0.2) is 49.8 Å². The number of sulfonamides is 1. The molecule has 35 heavy (non-hydrogen) atoms. The van der Waals surface area contributed by atoms with Crippen molar-refractivity contribution in [3.63, 3.8) is 0 Å². The van der Waals surface area contributed by atoms with Crippen molar-refractivity contribution in [1.29, 1.82) is 0 Å². The summed E-state index contributed by atoms with van der Waals surface area (Å²) >= 11 is 0. The third-order valence-corrected chi connectivity index (χ3v) is 8.08. The standard InChI is InChI=1S/C26H29N3O5S/c1-16-13-14-18(35(32,33)29(3)4)15-23(16)28-25(30)17(2)34-26(31)24-19-9-5-7-11-21(19)27-22-12-8-6-10-20(22)24/h5,7,9,11,13-15,17H,6,8,10,12H2,1-4H3,(H,28,30). The third kappa shape index (κ3) is 4.92. The highest BCUT2D eigenvalue weighted by Crippen LogP contribution is 2.30. The summed E-state index contributed by atoms with van der Waals surface area (Å²) < 4.78 is 31.7. The second-order valence-electron chi connectivity index (χ2n) is 8.94. The number of hydrogen-bond donors (Lipinski definition) is 1. The number of anilines is 1. The monoisotopic (exact) mass is 495 g/mol. The second kappa shape index (κ2) is 9.75. The van der Waals surface area contributed by atoms with Gasteiger partial charge in [0.2, 0.25) is 10.0 Å². The van der Waals surface area contributed by atoms with Crippen LogP contribution in [0.25, 0.3) is 10.9 Å². The van der Waals surface area contributed by atoms with Crippen molar-refractivity contribution in [2.75, 3.05) is 19.4 Å². The Labute approximate surface area is 205 Å². The Morgan fingerprint density at radius 2 is 1.80 bits per heavy atom. The molecule has 0 radical (unpaired) electrons. The molecule has 0 fully saturated rings. The smallest absolute Gasteiger partial charge is 0.339 e. The predicted octanol–water partition coefficient (Wildman–Crippen LogP) is 3.86. The maximum Gasteiger partial charge on any atom is 0.339 e. The van der Waals surface area contributed by atoms with E-state index in [1.807, 2.05) is 24.3 Å². The van der Waals surface area contributed by atoms with E-state index in [0.29, 0.717) is 22.2 Å². The Morgan fingerprint density at radius 3 is 2.54 bits per heavy atom. The molecule has 0 bridgehead atoms. The van der Waals surface area contributed by atoms with E-state index in [2.05, 4.69) is 5.32 Å². The van der Waals surface area contributed by atoms with Crippen LogP contribution in [0.4, 0.5) is 5.69 Å². The van der Waals surface area contributed by atoms with Crippen LogP contribution in [0.2, 0.25) is 0 Å². The summed E-state index contributed by atoms with van der Waals surface area (Å²) in [4.78, 5) is 31.0. The molecular formula is C26H29N3O5S. The highest BCUT2D eigenvalue weighted by molar-refractivity contribution is 7.89. The molecule has 1 amide bonds. The maximum absolute atomic E-state index is 13.3. The number of rotatable bonds is 6. The van der Waals surface area contributed by atoms with Gasteiger partial charge in [-0.05, 0) is 68.9 Å². The van der Waals surface area contributed by atoms with Crippen molar-refractivity contribution in [3.8, 4) is 0 Å². The summed E-state index contributed by atoms with van der Waals surface area (Å²) in [6.07, 6.45) is 2.44. The number of ether oxygens (including phenoxy) is 1. The number of hydrogen-bond acceptors (Lipinski definition) is 6. The average molecular weight is 496 g/mol. The summed E-state index contributed by atoms with van der Waals surface area (Å²) in [5, 5.41) is 3.42. The minimum Gasteiger partial charge on any atom is -0.449 e.